The lowest BCUT2D eigenvalue weighted by atomic mass is 10.2. The van der Waals surface area contributed by atoms with Crippen molar-refractivity contribution in [3.05, 3.63) is 49.8 Å². The SMILES string of the molecule is O=C(Nc1cn[nH]c1)c1cc([N+](=O)[O-])ccc1I. The van der Waals surface area contributed by atoms with Gasteiger partial charge in [-0.15, -0.1) is 0 Å². The second-order valence-electron chi connectivity index (χ2n) is 3.36. The number of carbonyl (C=O) groups excluding carboxylic acids is 1. The van der Waals surface area contributed by atoms with Crippen molar-refractivity contribution in [1.82, 2.24) is 10.2 Å². The van der Waals surface area contributed by atoms with E-state index in [9.17, 15) is 14.9 Å². The van der Waals surface area contributed by atoms with Crippen molar-refractivity contribution in [3.8, 4) is 0 Å². The van der Waals surface area contributed by atoms with Crippen molar-refractivity contribution in [2.75, 3.05) is 5.32 Å². The largest absolute Gasteiger partial charge is 0.319 e. The van der Waals surface area contributed by atoms with Gasteiger partial charge in [-0.2, -0.15) is 5.10 Å². The molecule has 0 saturated heterocycles. The summed E-state index contributed by atoms with van der Waals surface area (Å²) in [5, 5.41) is 19.5. The number of rotatable bonds is 3. The number of aromatic nitrogens is 2. The Labute approximate surface area is 115 Å². The van der Waals surface area contributed by atoms with Crippen LogP contribution in [0.15, 0.2) is 30.6 Å². The molecule has 0 aliphatic carbocycles. The molecule has 8 heteroatoms. The van der Waals surface area contributed by atoms with Crippen LogP contribution in [0.1, 0.15) is 10.4 Å². The van der Waals surface area contributed by atoms with Gasteiger partial charge >= 0.3 is 0 Å². The Morgan fingerprint density at radius 3 is 2.89 bits per heavy atom. The fourth-order valence-electron chi connectivity index (χ4n) is 1.32. The molecule has 0 fully saturated rings. The number of hydrogen-bond acceptors (Lipinski definition) is 4. The van der Waals surface area contributed by atoms with Crippen molar-refractivity contribution in [1.29, 1.82) is 0 Å². The van der Waals surface area contributed by atoms with E-state index in [0.29, 0.717) is 9.26 Å². The predicted octanol–water partition coefficient (Wildman–Crippen LogP) is 2.17. The quantitative estimate of drug-likeness (QED) is 0.499. The standard InChI is InChI=1S/C10H7IN4O3/c11-9-2-1-7(15(17)18)3-8(9)10(16)14-6-4-12-13-5-6/h1-5H,(H,12,13)(H,14,16). The van der Waals surface area contributed by atoms with E-state index in [-0.39, 0.29) is 11.3 Å². The van der Waals surface area contributed by atoms with Gasteiger partial charge in [0, 0.05) is 21.9 Å². The maximum atomic E-state index is 11.9. The second-order valence-corrected chi connectivity index (χ2v) is 4.52. The molecule has 2 N–H and O–H groups in total. The van der Waals surface area contributed by atoms with E-state index in [1.54, 1.807) is 0 Å². The molecule has 1 aromatic heterocycles. The maximum Gasteiger partial charge on any atom is 0.270 e. The summed E-state index contributed by atoms with van der Waals surface area (Å²) in [5.41, 5.74) is 0.640. The van der Waals surface area contributed by atoms with Crippen LogP contribution in [0.25, 0.3) is 0 Å². The summed E-state index contributed by atoms with van der Waals surface area (Å²) < 4.78 is 0.638. The van der Waals surface area contributed by atoms with Crippen LogP contribution in [0.4, 0.5) is 11.4 Å². The first-order chi connectivity index (χ1) is 8.58. The van der Waals surface area contributed by atoms with Crippen LogP contribution in [0.5, 0.6) is 0 Å². The Balaban J connectivity index is 2.29. The predicted molar refractivity (Wildman–Crippen MR) is 72.4 cm³/mol. The van der Waals surface area contributed by atoms with Crippen molar-refractivity contribution in [2.45, 2.75) is 0 Å². The highest BCUT2D eigenvalue weighted by atomic mass is 127. The molecule has 0 saturated carbocycles. The summed E-state index contributed by atoms with van der Waals surface area (Å²) in [6.45, 7) is 0. The summed E-state index contributed by atoms with van der Waals surface area (Å²) >= 11 is 1.95. The lowest BCUT2D eigenvalue weighted by Gasteiger charge is -2.04. The van der Waals surface area contributed by atoms with E-state index in [0.717, 1.165) is 0 Å². The van der Waals surface area contributed by atoms with Gasteiger partial charge < -0.3 is 5.32 Å². The highest BCUT2D eigenvalue weighted by molar-refractivity contribution is 14.1. The number of nitrogens with one attached hydrogen (secondary N) is 2. The molecular weight excluding hydrogens is 351 g/mol. The van der Waals surface area contributed by atoms with Crippen LogP contribution < -0.4 is 5.32 Å². The smallest absolute Gasteiger partial charge is 0.270 e. The Kier molecular flexibility index (Phi) is 3.55. The molecule has 7 nitrogen and oxygen atoms in total. The zero-order valence-corrected chi connectivity index (χ0v) is 11.0. The van der Waals surface area contributed by atoms with Gasteiger partial charge in [-0.1, -0.05) is 0 Å². The molecular formula is C10H7IN4O3. The van der Waals surface area contributed by atoms with Gasteiger partial charge in [-0.05, 0) is 28.7 Å². The molecule has 1 amide bonds. The zero-order chi connectivity index (χ0) is 13.1. The third-order valence-electron chi connectivity index (χ3n) is 2.16. The fourth-order valence-corrected chi connectivity index (χ4v) is 1.90. The van der Waals surface area contributed by atoms with E-state index in [1.165, 1.54) is 30.6 Å². The first-order valence-electron chi connectivity index (χ1n) is 4.82. The van der Waals surface area contributed by atoms with E-state index in [4.69, 9.17) is 0 Å². The Hall–Kier alpha value is -1.97. The summed E-state index contributed by atoms with van der Waals surface area (Å²) in [6.07, 6.45) is 2.96. The minimum Gasteiger partial charge on any atom is -0.319 e. The normalized spacial score (nSPS) is 10.1. The van der Waals surface area contributed by atoms with Crippen LogP contribution in [0.2, 0.25) is 0 Å². The number of carbonyl (C=O) groups is 1. The number of non-ortho nitro benzene ring substituents is 1. The Morgan fingerprint density at radius 2 is 2.28 bits per heavy atom. The average Bonchev–Trinajstić information content (AvgIpc) is 2.81. The Morgan fingerprint density at radius 1 is 1.50 bits per heavy atom. The van der Waals surface area contributed by atoms with E-state index in [1.807, 2.05) is 22.6 Å². The number of nitro groups is 1. The molecule has 0 aliphatic rings. The first-order valence-corrected chi connectivity index (χ1v) is 5.90. The molecule has 0 spiro atoms. The van der Waals surface area contributed by atoms with E-state index < -0.39 is 10.8 Å². The first kappa shape index (κ1) is 12.5. The van der Waals surface area contributed by atoms with Gasteiger partial charge in [0.05, 0.1) is 22.4 Å². The van der Waals surface area contributed by atoms with Crippen LogP contribution in [-0.2, 0) is 0 Å². The van der Waals surface area contributed by atoms with Crippen LogP contribution in [-0.4, -0.2) is 21.0 Å². The van der Waals surface area contributed by atoms with Crippen molar-refractivity contribution >= 4 is 39.9 Å². The van der Waals surface area contributed by atoms with Crippen LogP contribution in [0.3, 0.4) is 0 Å². The molecule has 2 aromatic rings. The van der Waals surface area contributed by atoms with Gasteiger partial charge in [-0.3, -0.25) is 20.0 Å². The van der Waals surface area contributed by atoms with Gasteiger partial charge in [0.1, 0.15) is 0 Å². The fraction of sp³-hybridized carbons (Fsp3) is 0. The molecule has 0 aliphatic heterocycles. The minimum absolute atomic E-state index is 0.118. The molecule has 92 valence electrons. The number of halogens is 1. The molecule has 0 unspecified atom stereocenters. The average molecular weight is 358 g/mol. The van der Waals surface area contributed by atoms with E-state index in [2.05, 4.69) is 15.5 Å². The number of H-pyrrole nitrogens is 1. The van der Waals surface area contributed by atoms with Crippen LogP contribution in [0, 0.1) is 13.7 Å². The molecule has 0 radical (unpaired) electrons. The molecule has 0 atom stereocenters. The highest BCUT2D eigenvalue weighted by Crippen LogP contribution is 2.20. The number of aromatic amines is 1. The second kappa shape index (κ2) is 5.12. The topological polar surface area (TPSA) is 101 Å². The summed E-state index contributed by atoms with van der Waals surface area (Å²) in [4.78, 5) is 22.1. The van der Waals surface area contributed by atoms with Crippen molar-refractivity contribution < 1.29 is 9.72 Å². The monoisotopic (exact) mass is 358 g/mol. The van der Waals surface area contributed by atoms with E-state index >= 15 is 0 Å². The number of nitrogens with zero attached hydrogens (tertiary/aromatic N) is 2. The summed E-state index contributed by atoms with van der Waals surface area (Å²) in [6, 6.07) is 4.14. The summed E-state index contributed by atoms with van der Waals surface area (Å²) in [7, 11) is 0. The third-order valence-corrected chi connectivity index (χ3v) is 3.10. The lowest BCUT2D eigenvalue weighted by Crippen LogP contribution is -2.13. The van der Waals surface area contributed by atoms with Crippen LogP contribution >= 0.6 is 22.6 Å². The minimum atomic E-state index is -0.537. The van der Waals surface area contributed by atoms with Crippen molar-refractivity contribution in [3.63, 3.8) is 0 Å². The molecule has 1 heterocycles. The van der Waals surface area contributed by atoms with Crippen molar-refractivity contribution in [2.24, 2.45) is 0 Å². The molecule has 1 aromatic carbocycles. The third kappa shape index (κ3) is 2.64. The number of hydrogen-bond donors (Lipinski definition) is 2. The highest BCUT2D eigenvalue weighted by Gasteiger charge is 2.15. The number of nitro benzene ring substituents is 1. The maximum absolute atomic E-state index is 11.9. The van der Waals surface area contributed by atoms with Gasteiger partial charge in [0.15, 0.2) is 0 Å². The summed E-state index contributed by atoms with van der Waals surface area (Å²) in [5.74, 6) is -0.412. The molecule has 18 heavy (non-hydrogen) atoms. The van der Waals surface area contributed by atoms with Gasteiger partial charge in [-0.25, -0.2) is 0 Å². The number of anilines is 1. The van der Waals surface area contributed by atoms with Gasteiger partial charge in [0.2, 0.25) is 0 Å². The number of amides is 1. The number of benzene rings is 1. The molecule has 0 bridgehead atoms. The molecule has 2 rings (SSSR count). The lowest BCUT2D eigenvalue weighted by molar-refractivity contribution is -0.384. The zero-order valence-electron chi connectivity index (χ0n) is 8.88. The van der Waals surface area contributed by atoms with Gasteiger partial charge in [0.25, 0.3) is 11.6 Å². The Bertz CT molecular complexity index is 597.